The Bertz CT molecular complexity index is 298. The highest BCUT2D eigenvalue weighted by Crippen LogP contribution is 2.11. The Kier molecular flexibility index (Phi) is 9.06. The normalized spacial score (nSPS) is 9.00. The zero-order chi connectivity index (χ0) is 12.4. The van der Waals surface area contributed by atoms with Crippen LogP contribution in [0.25, 0.3) is 0 Å². The van der Waals surface area contributed by atoms with Crippen LogP contribution in [-0.4, -0.2) is 11.8 Å². The fourth-order valence-corrected chi connectivity index (χ4v) is 1.34. The van der Waals surface area contributed by atoms with Gasteiger partial charge in [-0.05, 0) is 17.7 Å². The highest BCUT2D eigenvalue weighted by Gasteiger charge is 2.00. The van der Waals surface area contributed by atoms with Crippen LogP contribution in [0.1, 0.15) is 25.8 Å². The first-order valence-corrected chi connectivity index (χ1v) is 6.34. The Morgan fingerprint density at radius 3 is 2.19 bits per heavy atom. The molecule has 0 aliphatic rings. The van der Waals surface area contributed by atoms with Crippen LogP contribution < -0.4 is 5.32 Å². The minimum Gasteiger partial charge on any atom is -0.326 e. The number of carbonyl (C=O) groups excluding carboxylic acids is 1. The predicted octanol–water partition coefficient (Wildman–Crippen LogP) is 4.02. The molecule has 2 nitrogen and oxygen atoms in total. The van der Waals surface area contributed by atoms with Gasteiger partial charge in [-0.2, -0.15) is 0 Å². The van der Waals surface area contributed by atoms with E-state index in [0.717, 1.165) is 11.3 Å². The van der Waals surface area contributed by atoms with E-state index < -0.39 is 0 Å². The summed E-state index contributed by atoms with van der Waals surface area (Å²) in [5, 5.41) is 2.73. The van der Waals surface area contributed by atoms with E-state index in [-0.39, 0.29) is 5.91 Å². The van der Waals surface area contributed by atoms with E-state index in [9.17, 15) is 4.79 Å². The summed E-state index contributed by atoms with van der Waals surface area (Å²) in [6.45, 7) is 4.00. The number of halogens is 2. The lowest BCUT2D eigenvalue weighted by molar-refractivity contribution is -0.115. The molecule has 0 fully saturated rings. The third-order valence-corrected chi connectivity index (χ3v) is 2.21. The molecule has 0 radical (unpaired) electrons. The molecule has 0 aromatic heterocycles. The zero-order valence-corrected chi connectivity index (χ0v) is 11.1. The first kappa shape index (κ1) is 15.3. The Morgan fingerprint density at radius 1 is 1.19 bits per heavy atom. The lowest BCUT2D eigenvalue weighted by Crippen LogP contribution is -2.11. The maximum atomic E-state index is 11.1. The van der Waals surface area contributed by atoms with E-state index in [1.54, 1.807) is 0 Å². The van der Waals surface area contributed by atoms with Gasteiger partial charge in [-0.25, -0.2) is 0 Å². The lowest BCUT2D eigenvalue weighted by atomic mass is 10.2. The SMILES string of the molecule is CC.O=C(CCCl)Nc1ccc(CCl)cc1. The highest BCUT2D eigenvalue weighted by atomic mass is 35.5. The first-order chi connectivity index (χ1) is 7.76. The number of nitrogens with one attached hydrogen (secondary N) is 1. The molecule has 0 aliphatic heterocycles. The van der Waals surface area contributed by atoms with Gasteiger partial charge in [0, 0.05) is 23.9 Å². The zero-order valence-electron chi connectivity index (χ0n) is 9.59. The van der Waals surface area contributed by atoms with E-state index in [1.807, 2.05) is 38.1 Å². The van der Waals surface area contributed by atoms with Crippen LogP contribution in [-0.2, 0) is 10.7 Å². The smallest absolute Gasteiger partial charge is 0.225 e. The molecule has 0 aliphatic carbocycles. The molecule has 0 saturated carbocycles. The Balaban J connectivity index is 0.00000106. The minimum atomic E-state index is -0.0707. The topological polar surface area (TPSA) is 29.1 Å². The molecule has 4 heteroatoms. The maximum Gasteiger partial charge on any atom is 0.225 e. The van der Waals surface area contributed by atoms with Gasteiger partial charge >= 0.3 is 0 Å². The summed E-state index contributed by atoms with van der Waals surface area (Å²) in [6, 6.07) is 7.40. The summed E-state index contributed by atoms with van der Waals surface area (Å²) in [5.74, 6) is 0.750. The van der Waals surface area contributed by atoms with Gasteiger partial charge in [0.05, 0.1) is 0 Å². The number of benzene rings is 1. The third kappa shape index (κ3) is 5.99. The number of hydrogen-bond donors (Lipinski definition) is 1. The standard InChI is InChI=1S/C10H11Cl2NO.C2H6/c11-6-5-10(14)13-9-3-1-8(7-12)2-4-9;1-2/h1-4H,5-7H2,(H,13,14);1-2H3. The second-order valence-corrected chi connectivity index (χ2v) is 3.46. The average molecular weight is 262 g/mol. The van der Waals surface area contributed by atoms with E-state index in [1.165, 1.54) is 0 Å². The highest BCUT2D eigenvalue weighted by molar-refractivity contribution is 6.19. The molecular formula is C12H17Cl2NO. The van der Waals surface area contributed by atoms with Crippen molar-refractivity contribution in [3.05, 3.63) is 29.8 Å². The second-order valence-electron chi connectivity index (χ2n) is 2.82. The van der Waals surface area contributed by atoms with E-state index in [2.05, 4.69) is 5.32 Å². The van der Waals surface area contributed by atoms with E-state index >= 15 is 0 Å². The van der Waals surface area contributed by atoms with E-state index in [4.69, 9.17) is 23.2 Å². The van der Waals surface area contributed by atoms with Crippen LogP contribution in [0.15, 0.2) is 24.3 Å². The van der Waals surface area contributed by atoms with Gasteiger partial charge in [-0.3, -0.25) is 4.79 Å². The maximum absolute atomic E-state index is 11.1. The molecule has 1 aromatic rings. The molecule has 16 heavy (non-hydrogen) atoms. The molecule has 0 spiro atoms. The molecule has 1 rings (SSSR count). The lowest BCUT2D eigenvalue weighted by Gasteiger charge is -2.04. The molecule has 0 unspecified atom stereocenters. The van der Waals surface area contributed by atoms with Crippen molar-refractivity contribution in [1.29, 1.82) is 0 Å². The van der Waals surface area contributed by atoms with Gasteiger partial charge < -0.3 is 5.32 Å². The molecule has 90 valence electrons. The van der Waals surface area contributed by atoms with Crippen molar-refractivity contribution < 1.29 is 4.79 Å². The van der Waals surface area contributed by atoms with Crippen LogP contribution in [0.3, 0.4) is 0 Å². The summed E-state index contributed by atoms with van der Waals surface area (Å²) in [6.07, 6.45) is 0.332. The van der Waals surface area contributed by atoms with Crippen molar-refractivity contribution >= 4 is 34.8 Å². The number of rotatable bonds is 4. The fraction of sp³-hybridized carbons (Fsp3) is 0.417. The van der Waals surface area contributed by atoms with Crippen LogP contribution in [0.5, 0.6) is 0 Å². The number of hydrogen-bond acceptors (Lipinski definition) is 1. The number of alkyl halides is 2. The quantitative estimate of drug-likeness (QED) is 0.816. The van der Waals surface area contributed by atoms with Gasteiger partial charge in [-0.1, -0.05) is 26.0 Å². The molecule has 0 bridgehead atoms. The van der Waals surface area contributed by atoms with Crippen molar-refractivity contribution in [2.24, 2.45) is 0 Å². The number of carbonyl (C=O) groups is 1. The first-order valence-electron chi connectivity index (χ1n) is 5.27. The van der Waals surface area contributed by atoms with Crippen LogP contribution in [0.2, 0.25) is 0 Å². The molecular weight excluding hydrogens is 245 g/mol. The Hall–Kier alpha value is -0.730. The van der Waals surface area contributed by atoms with Gasteiger partial charge in [0.2, 0.25) is 5.91 Å². The van der Waals surface area contributed by atoms with Crippen molar-refractivity contribution in [1.82, 2.24) is 0 Å². The predicted molar refractivity (Wildman–Crippen MR) is 71.3 cm³/mol. The molecule has 0 heterocycles. The summed E-state index contributed by atoms with van der Waals surface area (Å²) in [4.78, 5) is 11.1. The Labute approximate surface area is 107 Å². The third-order valence-electron chi connectivity index (χ3n) is 1.71. The van der Waals surface area contributed by atoms with E-state index in [0.29, 0.717) is 18.2 Å². The number of amides is 1. The van der Waals surface area contributed by atoms with Gasteiger partial charge in [-0.15, -0.1) is 23.2 Å². The molecule has 1 amide bonds. The van der Waals surface area contributed by atoms with Crippen molar-refractivity contribution in [3.8, 4) is 0 Å². The minimum absolute atomic E-state index is 0.0707. The number of anilines is 1. The van der Waals surface area contributed by atoms with Crippen LogP contribution >= 0.6 is 23.2 Å². The van der Waals surface area contributed by atoms with Crippen molar-refractivity contribution in [2.75, 3.05) is 11.2 Å². The monoisotopic (exact) mass is 261 g/mol. The van der Waals surface area contributed by atoms with Crippen molar-refractivity contribution in [3.63, 3.8) is 0 Å². The fourth-order valence-electron chi connectivity index (χ4n) is 0.986. The largest absolute Gasteiger partial charge is 0.326 e. The Morgan fingerprint density at radius 2 is 1.75 bits per heavy atom. The molecule has 0 saturated heterocycles. The molecule has 0 atom stereocenters. The molecule has 1 N–H and O–H groups in total. The summed E-state index contributed by atoms with van der Waals surface area (Å²) < 4.78 is 0. The summed E-state index contributed by atoms with van der Waals surface area (Å²) in [7, 11) is 0. The van der Waals surface area contributed by atoms with Gasteiger partial charge in [0.1, 0.15) is 0 Å². The average Bonchev–Trinajstić information content (AvgIpc) is 2.33. The van der Waals surface area contributed by atoms with Gasteiger partial charge in [0.15, 0.2) is 0 Å². The van der Waals surface area contributed by atoms with Gasteiger partial charge in [0.25, 0.3) is 0 Å². The molecule has 1 aromatic carbocycles. The van der Waals surface area contributed by atoms with Crippen molar-refractivity contribution in [2.45, 2.75) is 26.1 Å². The van der Waals surface area contributed by atoms with Crippen LogP contribution in [0, 0.1) is 0 Å². The second kappa shape index (κ2) is 9.49. The summed E-state index contributed by atoms with van der Waals surface area (Å²) in [5.41, 5.74) is 1.80. The van der Waals surface area contributed by atoms with Crippen LogP contribution in [0.4, 0.5) is 5.69 Å². The summed E-state index contributed by atoms with van der Waals surface area (Å²) >= 11 is 11.1.